The van der Waals surface area contributed by atoms with Crippen LogP contribution in [0.15, 0.2) is 58.9 Å². The van der Waals surface area contributed by atoms with Crippen LogP contribution in [0.2, 0.25) is 0 Å². The summed E-state index contributed by atoms with van der Waals surface area (Å²) in [5, 5.41) is 0. The molecule has 0 saturated heterocycles. The first-order valence-corrected chi connectivity index (χ1v) is 6.81. The van der Waals surface area contributed by atoms with Gasteiger partial charge in [-0.3, -0.25) is 10.3 Å². The predicted octanol–water partition coefficient (Wildman–Crippen LogP) is 2.44. The number of likely N-dealkylation sites (N-methyl/N-ethyl adjacent to an activating group) is 1. The topological polar surface area (TPSA) is 36.9 Å². The molecule has 0 amide bonds. The van der Waals surface area contributed by atoms with Gasteiger partial charge in [-0.1, -0.05) is 36.4 Å². The van der Waals surface area contributed by atoms with Gasteiger partial charge in [-0.15, -0.1) is 0 Å². The number of nitrogens with zero attached hydrogens (tertiary/aromatic N) is 2. The highest BCUT2D eigenvalue weighted by Gasteiger charge is 2.31. The summed E-state index contributed by atoms with van der Waals surface area (Å²) in [5.74, 6) is 0.380. The Morgan fingerprint density at radius 1 is 1.30 bits per heavy atom. The Balaban J connectivity index is 1.97. The Hall–Kier alpha value is -2.07. The highest BCUT2D eigenvalue weighted by molar-refractivity contribution is 5.61. The van der Waals surface area contributed by atoms with Crippen molar-refractivity contribution >= 4 is 6.34 Å². The van der Waals surface area contributed by atoms with Gasteiger partial charge in [-0.25, -0.2) is 4.99 Å². The molecule has 0 bridgehead atoms. The summed E-state index contributed by atoms with van der Waals surface area (Å²) in [6, 6.07) is 10.9. The molecule has 1 aliphatic heterocycles. The minimum Gasteiger partial charge on any atom is -0.358 e. The quantitative estimate of drug-likeness (QED) is 0.856. The zero-order valence-electron chi connectivity index (χ0n) is 11.8. The van der Waals surface area contributed by atoms with Gasteiger partial charge in [0, 0.05) is 24.7 Å². The fraction of sp³-hybridized carbons (Fsp3) is 0.312. The monoisotopic (exact) mass is 269 g/mol. The maximum Gasteiger partial charge on any atom is 0.0907 e. The maximum atomic E-state index is 5.12. The molecule has 2 unspecified atom stereocenters. The number of aliphatic imine (C=N–C) groups is 1. The van der Waals surface area contributed by atoms with Crippen LogP contribution >= 0.6 is 0 Å². The van der Waals surface area contributed by atoms with Crippen molar-refractivity contribution in [3.8, 4) is 0 Å². The summed E-state index contributed by atoms with van der Waals surface area (Å²) in [7, 11) is 3.71. The Kier molecular flexibility index (Phi) is 3.56. The van der Waals surface area contributed by atoms with Crippen LogP contribution in [0.1, 0.15) is 17.9 Å². The third-order valence-electron chi connectivity index (χ3n) is 3.91. The van der Waals surface area contributed by atoms with Crippen molar-refractivity contribution in [1.82, 2.24) is 10.4 Å². The first-order chi connectivity index (χ1) is 9.79. The van der Waals surface area contributed by atoms with Gasteiger partial charge in [0.1, 0.15) is 0 Å². The average Bonchev–Trinajstić information content (AvgIpc) is 2.49. The Bertz CT molecular complexity index is 562. The summed E-state index contributed by atoms with van der Waals surface area (Å²) in [6.07, 6.45) is 7.08. The molecular weight excluding hydrogens is 250 g/mol. The molecule has 0 radical (unpaired) electrons. The van der Waals surface area contributed by atoms with Gasteiger partial charge < -0.3 is 4.90 Å². The normalized spacial score (nSPS) is 24.8. The molecule has 3 rings (SSSR count). The van der Waals surface area contributed by atoms with Crippen molar-refractivity contribution < 1.29 is 4.84 Å². The molecule has 0 aromatic heterocycles. The van der Waals surface area contributed by atoms with Crippen LogP contribution in [0.4, 0.5) is 0 Å². The third-order valence-corrected chi connectivity index (χ3v) is 3.91. The molecule has 0 saturated carbocycles. The van der Waals surface area contributed by atoms with E-state index in [0.717, 1.165) is 12.1 Å². The number of hydrogen-bond donors (Lipinski definition) is 1. The highest BCUT2D eigenvalue weighted by atomic mass is 16.6. The van der Waals surface area contributed by atoms with E-state index in [1.54, 1.807) is 7.11 Å². The summed E-state index contributed by atoms with van der Waals surface area (Å²) < 4.78 is 0. The maximum absolute atomic E-state index is 5.12. The predicted molar refractivity (Wildman–Crippen MR) is 80.2 cm³/mol. The van der Waals surface area contributed by atoms with E-state index in [4.69, 9.17) is 4.84 Å². The van der Waals surface area contributed by atoms with Crippen molar-refractivity contribution in [2.75, 3.05) is 14.2 Å². The van der Waals surface area contributed by atoms with E-state index in [0.29, 0.717) is 12.0 Å². The molecule has 0 spiro atoms. The van der Waals surface area contributed by atoms with E-state index >= 15 is 0 Å². The van der Waals surface area contributed by atoms with Gasteiger partial charge in [0.15, 0.2) is 0 Å². The van der Waals surface area contributed by atoms with Crippen LogP contribution in [0, 0.1) is 0 Å². The van der Waals surface area contributed by atoms with E-state index in [9.17, 15) is 0 Å². The third kappa shape index (κ3) is 2.34. The minimum absolute atomic E-state index is 0.334. The van der Waals surface area contributed by atoms with Crippen LogP contribution in [0.5, 0.6) is 0 Å². The lowest BCUT2D eigenvalue weighted by Crippen LogP contribution is -2.40. The fourth-order valence-electron chi connectivity index (χ4n) is 2.89. The molecule has 4 nitrogen and oxygen atoms in total. The molecule has 1 heterocycles. The van der Waals surface area contributed by atoms with Crippen molar-refractivity contribution in [2.45, 2.75) is 18.4 Å². The van der Waals surface area contributed by atoms with Crippen LogP contribution in [-0.2, 0) is 4.84 Å². The van der Waals surface area contributed by atoms with Crippen molar-refractivity contribution in [3.05, 3.63) is 59.4 Å². The molecule has 2 aliphatic rings. The molecule has 1 N–H and O–H groups in total. The Labute approximate surface area is 119 Å². The number of hydroxylamine groups is 1. The molecule has 4 heteroatoms. The average molecular weight is 269 g/mol. The SMILES string of the molecule is CONC1=CC(c2ccccc2)CC2C1=CN=CN2C. The van der Waals surface area contributed by atoms with Crippen LogP contribution in [-0.4, -0.2) is 31.4 Å². The standard InChI is InChI=1S/C16H19N3O/c1-19-11-17-10-14-15(18-20-2)8-13(9-16(14)19)12-6-4-3-5-7-12/h3-8,10-11,13,16,18H,9H2,1-2H3. The summed E-state index contributed by atoms with van der Waals surface area (Å²) in [5.41, 5.74) is 6.53. The van der Waals surface area contributed by atoms with Gasteiger partial charge in [0.2, 0.25) is 0 Å². The van der Waals surface area contributed by atoms with Gasteiger partial charge >= 0.3 is 0 Å². The van der Waals surface area contributed by atoms with Crippen LogP contribution in [0.3, 0.4) is 0 Å². The molecule has 2 atom stereocenters. The first kappa shape index (κ1) is 12.9. The summed E-state index contributed by atoms with van der Waals surface area (Å²) >= 11 is 0. The Morgan fingerprint density at radius 3 is 2.85 bits per heavy atom. The lowest BCUT2D eigenvalue weighted by atomic mass is 9.81. The number of nitrogens with one attached hydrogen (secondary N) is 1. The zero-order chi connectivity index (χ0) is 13.9. The van der Waals surface area contributed by atoms with Crippen molar-refractivity contribution in [1.29, 1.82) is 0 Å². The Morgan fingerprint density at radius 2 is 2.10 bits per heavy atom. The van der Waals surface area contributed by atoms with E-state index in [1.807, 2.05) is 12.5 Å². The molecule has 20 heavy (non-hydrogen) atoms. The molecule has 1 aromatic carbocycles. The van der Waals surface area contributed by atoms with Crippen molar-refractivity contribution in [3.63, 3.8) is 0 Å². The number of benzene rings is 1. The van der Waals surface area contributed by atoms with E-state index in [2.05, 4.69) is 58.8 Å². The second-order valence-electron chi connectivity index (χ2n) is 5.17. The first-order valence-electron chi connectivity index (χ1n) is 6.81. The van der Waals surface area contributed by atoms with E-state index in [-0.39, 0.29) is 0 Å². The van der Waals surface area contributed by atoms with Crippen molar-refractivity contribution in [2.24, 2.45) is 4.99 Å². The number of fused-ring (bicyclic) bond motifs is 1. The number of hydrogen-bond acceptors (Lipinski definition) is 4. The second-order valence-corrected chi connectivity index (χ2v) is 5.17. The number of allylic oxidation sites excluding steroid dienone is 1. The summed E-state index contributed by atoms with van der Waals surface area (Å²) in [4.78, 5) is 11.6. The smallest absolute Gasteiger partial charge is 0.0907 e. The van der Waals surface area contributed by atoms with Gasteiger partial charge in [-0.05, 0) is 12.0 Å². The lowest BCUT2D eigenvalue weighted by Gasteiger charge is -2.37. The van der Waals surface area contributed by atoms with Gasteiger partial charge in [0.05, 0.1) is 25.2 Å². The van der Waals surface area contributed by atoms with E-state index in [1.165, 1.54) is 11.1 Å². The van der Waals surface area contributed by atoms with E-state index < -0.39 is 0 Å². The minimum atomic E-state index is 0.334. The summed E-state index contributed by atoms with van der Waals surface area (Å²) in [6.45, 7) is 0. The lowest BCUT2D eigenvalue weighted by molar-refractivity contribution is 0.116. The highest BCUT2D eigenvalue weighted by Crippen LogP contribution is 2.36. The number of rotatable bonds is 3. The van der Waals surface area contributed by atoms with Gasteiger partial charge in [-0.2, -0.15) is 0 Å². The molecular formula is C16H19N3O. The molecule has 1 aromatic rings. The fourth-order valence-corrected chi connectivity index (χ4v) is 2.89. The molecule has 1 aliphatic carbocycles. The molecule has 104 valence electrons. The van der Waals surface area contributed by atoms with Crippen LogP contribution in [0.25, 0.3) is 0 Å². The second kappa shape index (κ2) is 5.51. The van der Waals surface area contributed by atoms with Gasteiger partial charge in [0.25, 0.3) is 0 Å². The zero-order valence-corrected chi connectivity index (χ0v) is 11.8. The molecule has 0 fully saturated rings. The van der Waals surface area contributed by atoms with Crippen LogP contribution < -0.4 is 5.48 Å². The largest absolute Gasteiger partial charge is 0.358 e.